The van der Waals surface area contributed by atoms with E-state index in [1.807, 2.05) is 0 Å². The Morgan fingerprint density at radius 2 is 2.05 bits per heavy atom. The van der Waals surface area contributed by atoms with E-state index in [1.165, 1.54) is 13.2 Å². The molecule has 0 bridgehead atoms. The van der Waals surface area contributed by atoms with Gasteiger partial charge in [-0.15, -0.1) is 12.4 Å². The summed E-state index contributed by atoms with van der Waals surface area (Å²) >= 11 is 0. The monoisotopic (exact) mass is 306 g/mol. The van der Waals surface area contributed by atoms with Crippen LogP contribution in [0.1, 0.15) is 25.5 Å². The van der Waals surface area contributed by atoms with Gasteiger partial charge in [-0.1, -0.05) is 13.8 Å². The number of rotatable bonds is 5. The molecule has 114 valence electrons. The zero-order chi connectivity index (χ0) is 14.8. The van der Waals surface area contributed by atoms with Gasteiger partial charge in [-0.05, 0) is 0 Å². The first kappa shape index (κ1) is 18.4. The Labute approximate surface area is 122 Å². The number of nitrogens with zero attached hydrogens (tertiary/aromatic N) is 1. The Bertz CT molecular complexity index is 493. The van der Waals surface area contributed by atoms with Crippen molar-refractivity contribution in [3.8, 4) is 11.5 Å². The molecule has 0 aliphatic rings. The molecule has 1 aromatic carbocycles. The maximum absolute atomic E-state index is 10.9. The van der Waals surface area contributed by atoms with Gasteiger partial charge in [-0.2, -0.15) is 0 Å². The van der Waals surface area contributed by atoms with Crippen LogP contribution in [-0.4, -0.2) is 28.9 Å². The first-order valence-corrected chi connectivity index (χ1v) is 5.66. The third kappa shape index (κ3) is 3.50. The maximum Gasteiger partial charge on any atom is 0.273 e. The molecule has 1 aromatic rings. The first-order chi connectivity index (χ1) is 8.74. The molecule has 20 heavy (non-hydrogen) atoms. The summed E-state index contributed by atoms with van der Waals surface area (Å²) < 4.78 is 4.90. The summed E-state index contributed by atoms with van der Waals surface area (Å²) in [5.41, 5.74) is 5.18. The number of methoxy groups -OCH3 is 1. The molecule has 0 saturated heterocycles. The van der Waals surface area contributed by atoms with Crippen LogP contribution in [0.4, 0.5) is 5.69 Å². The van der Waals surface area contributed by atoms with Crippen molar-refractivity contribution in [2.75, 3.05) is 13.7 Å². The number of aliphatic hydroxyl groups excluding tert-OH is 1. The number of phenols is 1. The van der Waals surface area contributed by atoms with Gasteiger partial charge in [0, 0.05) is 29.7 Å². The van der Waals surface area contributed by atoms with E-state index >= 15 is 0 Å². The standard InChI is InChI=1S/C12H18N2O5.ClH/c1-12(2,6-15)11(13)8-4-7(14(17)18)5-9(19-3)10(8)16;/h4-5,11,15-16H,6,13H2,1-3H3;1H/t11-;/m1./s1. The topological polar surface area (TPSA) is 119 Å². The summed E-state index contributed by atoms with van der Waals surface area (Å²) in [6.45, 7) is 3.17. The van der Waals surface area contributed by atoms with E-state index in [0.717, 1.165) is 6.07 Å². The van der Waals surface area contributed by atoms with Gasteiger partial charge in [-0.3, -0.25) is 10.1 Å². The molecule has 0 saturated carbocycles. The van der Waals surface area contributed by atoms with Crippen molar-refractivity contribution in [3.05, 3.63) is 27.8 Å². The molecule has 0 fully saturated rings. The predicted molar refractivity (Wildman–Crippen MR) is 76.4 cm³/mol. The van der Waals surface area contributed by atoms with Crippen LogP contribution in [0.15, 0.2) is 12.1 Å². The molecule has 7 nitrogen and oxygen atoms in total. The Morgan fingerprint density at radius 3 is 2.45 bits per heavy atom. The number of nitro benzene ring substituents is 1. The number of halogens is 1. The zero-order valence-electron chi connectivity index (χ0n) is 11.5. The van der Waals surface area contributed by atoms with Crippen LogP contribution in [-0.2, 0) is 0 Å². The van der Waals surface area contributed by atoms with E-state index in [4.69, 9.17) is 10.5 Å². The first-order valence-electron chi connectivity index (χ1n) is 5.66. The van der Waals surface area contributed by atoms with Crippen LogP contribution in [0.2, 0.25) is 0 Å². The Morgan fingerprint density at radius 1 is 1.50 bits per heavy atom. The highest BCUT2D eigenvalue weighted by Gasteiger charge is 2.31. The van der Waals surface area contributed by atoms with E-state index in [-0.39, 0.29) is 41.8 Å². The number of hydrogen-bond acceptors (Lipinski definition) is 6. The number of benzene rings is 1. The van der Waals surface area contributed by atoms with Gasteiger partial charge in [0.1, 0.15) is 0 Å². The molecule has 0 spiro atoms. The van der Waals surface area contributed by atoms with Crippen LogP contribution in [0.3, 0.4) is 0 Å². The summed E-state index contributed by atoms with van der Waals surface area (Å²) in [4.78, 5) is 10.3. The van der Waals surface area contributed by atoms with Crippen LogP contribution in [0, 0.1) is 15.5 Å². The second-order valence-electron chi connectivity index (χ2n) is 4.97. The van der Waals surface area contributed by atoms with Crippen molar-refractivity contribution in [2.45, 2.75) is 19.9 Å². The highest BCUT2D eigenvalue weighted by Crippen LogP contribution is 2.42. The van der Waals surface area contributed by atoms with Gasteiger partial charge in [0.05, 0.1) is 18.1 Å². The molecule has 0 aliphatic heterocycles. The highest BCUT2D eigenvalue weighted by atomic mass is 35.5. The van der Waals surface area contributed by atoms with E-state index in [0.29, 0.717) is 0 Å². The summed E-state index contributed by atoms with van der Waals surface area (Å²) in [5, 5.41) is 30.2. The van der Waals surface area contributed by atoms with Gasteiger partial charge in [0.2, 0.25) is 0 Å². The molecule has 1 rings (SSSR count). The number of hydrogen-bond donors (Lipinski definition) is 3. The largest absolute Gasteiger partial charge is 0.504 e. The maximum atomic E-state index is 10.9. The molecule has 8 heteroatoms. The van der Waals surface area contributed by atoms with Crippen molar-refractivity contribution in [1.29, 1.82) is 0 Å². The van der Waals surface area contributed by atoms with Crippen LogP contribution < -0.4 is 10.5 Å². The molecular formula is C12H19ClN2O5. The predicted octanol–water partition coefficient (Wildman–Crippen LogP) is 1.75. The quantitative estimate of drug-likeness (QED) is 0.563. The van der Waals surface area contributed by atoms with E-state index in [9.17, 15) is 20.3 Å². The molecule has 0 radical (unpaired) electrons. The SMILES string of the molecule is COc1cc([N+](=O)[O-])cc([C@@H](N)C(C)(C)CO)c1O.Cl. The summed E-state index contributed by atoms with van der Waals surface area (Å²) in [5.74, 6) is -0.268. The Hall–Kier alpha value is -1.57. The normalized spacial score (nSPS) is 12.4. The molecule has 1 atom stereocenters. The minimum atomic E-state index is -0.772. The second-order valence-corrected chi connectivity index (χ2v) is 4.97. The van der Waals surface area contributed by atoms with E-state index in [1.54, 1.807) is 13.8 Å². The minimum absolute atomic E-state index is 0. The molecular weight excluding hydrogens is 288 g/mol. The molecule has 0 amide bonds. The van der Waals surface area contributed by atoms with E-state index in [2.05, 4.69) is 0 Å². The van der Waals surface area contributed by atoms with Gasteiger partial charge in [-0.25, -0.2) is 0 Å². The number of aliphatic hydroxyl groups is 1. The van der Waals surface area contributed by atoms with Crippen molar-refractivity contribution >= 4 is 18.1 Å². The average molecular weight is 307 g/mol. The van der Waals surface area contributed by atoms with Gasteiger partial charge >= 0.3 is 0 Å². The van der Waals surface area contributed by atoms with Gasteiger partial charge < -0.3 is 20.7 Å². The lowest BCUT2D eigenvalue weighted by Gasteiger charge is -2.30. The smallest absolute Gasteiger partial charge is 0.273 e. The molecule has 4 N–H and O–H groups in total. The zero-order valence-corrected chi connectivity index (χ0v) is 12.3. The third-order valence-electron chi connectivity index (χ3n) is 3.10. The summed E-state index contributed by atoms with van der Waals surface area (Å²) in [7, 11) is 1.30. The number of phenolic OH excluding ortho intramolecular Hbond substituents is 1. The Kier molecular flexibility index (Phi) is 6.21. The third-order valence-corrected chi connectivity index (χ3v) is 3.10. The van der Waals surface area contributed by atoms with Gasteiger partial charge in [0.15, 0.2) is 11.5 Å². The average Bonchev–Trinajstić information content (AvgIpc) is 2.37. The summed E-state index contributed by atoms with van der Waals surface area (Å²) in [6, 6.07) is 1.54. The molecule has 0 heterocycles. The van der Waals surface area contributed by atoms with Crippen LogP contribution in [0.5, 0.6) is 11.5 Å². The minimum Gasteiger partial charge on any atom is -0.504 e. The van der Waals surface area contributed by atoms with Crippen molar-refractivity contribution < 1.29 is 19.9 Å². The lowest BCUT2D eigenvalue weighted by Crippen LogP contribution is -2.32. The Balaban J connectivity index is 0.00000361. The lowest BCUT2D eigenvalue weighted by molar-refractivity contribution is -0.385. The van der Waals surface area contributed by atoms with Crippen LogP contribution in [0.25, 0.3) is 0 Å². The molecule has 0 unspecified atom stereocenters. The fourth-order valence-corrected chi connectivity index (χ4v) is 1.63. The van der Waals surface area contributed by atoms with Crippen molar-refractivity contribution in [2.24, 2.45) is 11.1 Å². The fraction of sp³-hybridized carbons (Fsp3) is 0.500. The van der Waals surface area contributed by atoms with Crippen LogP contribution >= 0.6 is 12.4 Å². The molecule has 0 aromatic heterocycles. The number of non-ortho nitro benzene ring substituents is 1. The number of aromatic hydroxyl groups is 1. The summed E-state index contributed by atoms with van der Waals surface area (Å²) in [6.07, 6.45) is 0. The van der Waals surface area contributed by atoms with E-state index < -0.39 is 16.4 Å². The molecule has 0 aliphatic carbocycles. The highest BCUT2D eigenvalue weighted by molar-refractivity contribution is 5.85. The van der Waals surface area contributed by atoms with Crippen molar-refractivity contribution in [3.63, 3.8) is 0 Å². The van der Waals surface area contributed by atoms with Gasteiger partial charge in [0.25, 0.3) is 5.69 Å². The van der Waals surface area contributed by atoms with Crippen molar-refractivity contribution in [1.82, 2.24) is 0 Å². The number of nitro groups is 1. The lowest BCUT2D eigenvalue weighted by atomic mass is 9.81. The number of nitrogens with two attached hydrogens (primary N) is 1. The number of ether oxygens (including phenoxy) is 1. The fourth-order valence-electron chi connectivity index (χ4n) is 1.63. The second kappa shape index (κ2) is 6.74.